The predicted octanol–water partition coefficient (Wildman–Crippen LogP) is 4.64. The smallest absolute Gasteiger partial charge is 0.336 e. The third-order valence-corrected chi connectivity index (χ3v) is 6.26. The second kappa shape index (κ2) is 10.2. The molecule has 0 saturated carbocycles. The van der Waals surface area contributed by atoms with Gasteiger partial charge in [-0.15, -0.1) is 0 Å². The maximum atomic E-state index is 13.8. The van der Waals surface area contributed by atoms with Crippen molar-refractivity contribution in [3.63, 3.8) is 0 Å². The number of ether oxygens (including phenoxy) is 1. The molecule has 0 saturated heterocycles. The van der Waals surface area contributed by atoms with Crippen LogP contribution in [0.1, 0.15) is 37.9 Å². The Balaban J connectivity index is 1.90. The van der Waals surface area contributed by atoms with Gasteiger partial charge in [-0.1, -0.05) is 54.9 Å². The van der Waals surface area contributed by atoms with E-state index in [2.05, 4.69) is 5.32 Å². The topological polar surface area (TPSA) is 82.3 Å². The minimum Gasteiger partial charge on any atom is -0.497 e. The van der Waals surface area contributed by atoms with Crippen LogP contribution in [0.15, 0.2) is 82.4 Å². The number of hydrogen-bond donors (Lipinski definition) is 1. The van der Waals surface area contributed by atoms with E-state index in [9.17, 15) is 14.4 Å². The number of benzene rings is 3. The van der Waals surface area contributed by atoms with Gasteiger partial charge >= 0.3 is 5.69 Å². The van der Waals surface area contributed by atoms with Crippen LogP contribution in [0.4, 0.5) is 0 Å². The molecule has 8 heteroatoms. The molecule has 0 bridgehead atoms. The maximum absolute atomic E-state index is 13.8. The monoisotopic (exact) mass is 491 g/mol. The number of hydrogen-bond acceptors (Lipinski definition) is 4. The van der Waals surface area contributed by atoms with Gasteiger partial charge in [-0.3, -0.25) is 14.2 Å². The van der Waals surface area contributed by atoms with Crippen molar-refractivity contribution in [1.82, 2.24) is 14.5 Å². The number of amides is 1. The standard InChI is InChI=1S/C27H26ClN3O4/c1-4-23(25(32)29-17(2)18-9-6-5-7-10-18)31-24-15-19(28)13-14-22(24)26(33)30(27(31)34)20-11-8-12-21(16-20)35-3/h5-17,23H,4H2,1-3H3,(H,29,32)/t17-,23-/m1/s1. The van der Waals surface area contributed by atoms with E-state index in [-0.39, 0.29) is 17.3 Å². The van der Waals surface area contributed by atoms with Crippen LogP contribution < -0.4 is 21.3 Å². The lowest BCUT2D eigenvalue weighted by molar-refractivity contribution is -0.125. The summed E-state index contributed by atoms with van der Waals surface area (Å²) in [5.74, 6) is 0.168. The zero-order valence-corrected chi connectivity index (χ0v) is 20.5. The first kappa shape index (κ1) is 24.3. The Hall–Kier alpha value is -3.84. The first-order valence-electron chi connectivity index (χ1n) is 11.3. The largest absolute Gasteiger partial charge is 0.497 e. The molecule has 180 valence electrons. The van der Waals surface area contributed by atoms with E-state index in [0.717, 1.165) is 10.1 Å². The Morgan fingerprint density at radius 3 is 2.46 bits per heavy atom. The van der Waals surface area contributed by atoms with Crippen LogP contribution in [0.5, 0.6) is 5.75 Å². The molecule has 1 heterocycles. The van der Waals surface area contributed by atoms with Crippen LogP contribution >= 0.6 is 11.6 Å². The van der Waals surface area contributed by atoms with E-state index in [1.54, 1.807) is 42.5 Å². The Labute approximate surface area is 207 Å². The number of nitrogens with one attached hydrogen (secondary N) is 1. The van der Waals surface area contributed by atoms with Crippen LogP contribution in [0.3, 0.4) is 0 Å². The summed E-state index contributed by atoms with van der Waals surface area (Å²) < 4.78 is 7.70. The average Bonchev–Trinajstić information content (AvgIpc) is 2.87. The predicted molar refractivity (Wildman–Crippen MR) is 138 cm³/mol. The van der Waals surface area contributed by atoms with Crippen molar-refractivity contribution in [2.45, 2.75) is 32.4 Å². The average molecular weight is 492 g/mol. The van der Waals surface area contributed by atoms with Gasteiger partial charge in [-0.2, -0.15) is 0 Å². The van der Waals surface area contributed by atoms with Crippen LogP contribution in [0.2, 0.25) is 5.02 Å². The van der Waals surface area contributed by atoms with Gasteiger partial charge in [0.05, 0.1) is 29.7 Å². The van der Waals surface area contributed by atoms with Crippen molar-refractivity contribution in [2.24, 2.45) is 0 Å². The van der Waals surface area contributed by atoms with Gasteiger partial charge < -0.3 is 10.1 Å². The highest BCUT2D eigenvalue weighted by Gasteiger charge is 2.26. The molecule has 35 heavy (non-hydrogen) atoms. The highest BCUT2D eigenvalue weighted by molar-refractivity contribution is 6.31. The number of fused-ring (bicyclic) bond motifs is 1. The molecule has 4 rings (SSSR count). The van der Waals surface area contributed by atoms with Gasteiger partial charge in [0, 0.05) is 11.1 Å². The third-order valence-electron chi connectivity index (χ3n) is 6.02. The molecule has 7 nitrogen and oxygen atoms in total. The number of nitrogens with zero attached hydrogens (tertiary/aromatic N) is 2. The second-order valence-corrected chi connectivity index (χ2v) is 8.66. The molecule has 0 unspecified atom stereocenters. The van der Waals surface area contributed by atoms with E-state index in [1.165, 1.54) is 11.7 Å². The van der Waals surface area contributed by atoms with Gasteiger partial charge in [-0.05, 0) is 49.2 Å². The number of carbonyl (C=O) groups is 1. The van der Waals surface area contributed by atoms with E-state index in [0.29, 0.717) is 28.4 Å². The summed E-state index contributed by atoms with van der Waals surface area (Å²) >= 11 is 6.24. The molecule has 1 N–H and O–H groups in total. The minimum absolute atomic E-state index is 0.271. The zero-order chi connectivity index (χ0) is 25.1. The Morgan fingerprint density at radius 1 is 1.03 bits per heavy atom. The molecule has 2 atom stereocenters. The lowest BCUT2D eigenvalue weighted by Gasteiger charge is -2.24. The number of rotatable bonds is 7. The summed E-state index contributed by atoms with van der Waals surface area (Å²) in [4.78, 5) is 40.7. The molecule has 4 aromatic rings. The van der Waals surface area contributed by atoms with Crippen LogP contribution in [0.25, 0.3) is 16.6 Å². The summed E-state index contributed by atoms with van der Waals surface area (Å²) in [5, 5.41) is 3.64. The lowest BCUT2D eigenvalue weighted by atomic mass is 10.1. The molecule has 0 spiro atoms. The third kappa shape index (κ3) is 4.72. The van der Waals surface area contributed by atoms with Gasteiger partial charge in [0.15, 0.2) is 0 Å². The van der Waals surface area contributed by atoms with Gasteiger partial charge in [0.2, 0.25) is 5.91 Å². The maximum Gasteiger partial charge on any atom is 0.336 e. The number of halogens is 1. The molecular weight excluding hydrogens is 466 g/mol. The fourth-order valence-electron chi connectivity index (χ4n) is 4.20. The molecule has 0 aliphatic carbocycles. The highest BCUT2D eigenvalue weighted by atomic mass is 35.5. The molecule has 0 radical (unpaired) electrons. The molecule has 1 amide bonds. The molecular formula is C27H26ClN3O4. The van der Waals surface area contributed by atoms with Crippen molar-refractivity contribution in [2.75, 3.05) is 7.11 Å². The molecule has 0 aliphatic heterocycles. The zero-order valence-electron chi connectivity index (χ0n) is 19.7. The summed E-state index contributed by atoms with van der Waals surface area (Å²) in [5.41, 5.74) is 0.461. The number of methoxy groups -OCH3 is 1. The number of carbonyl (C=O) groups excluding carboxylic acids is 1. The summed E-state index contributed by atoms with van der Waals surface area (Å²) in [6, 6.07) is 19.8. The summed E-state index contributed by atoms with van der Waals surface area (Å²) in [7, 11) is 1.51. The normalized spacial score (nSPS) is 12.8. The van der Waals surface area contributed by atoms with Crippen LogP contribution in [0, 0.1) is 0 Å². The quantitative estimate of drug-likeness (QED) is 0.408. The van der Waals surface area contributed by atoms with Crippen molar-refractivity contribution in [3.05, 3.63) is 104 Å². The lowest BCUT2D eigenvalue weighted by Crippen LogP contribution is -2.44. The van der Waals surface area contributed by atoms with E-state index in [4.69, 9.17) is 16.3 Å². The molecule has 1 aromatic heterocycles. The SMILES string of the molecule is CC[C@H](C(=O)N[C@H](C)c1ccccc1)n1c(=O)n(-c2cccc(OC)c2)c(=O)c2ccc(Cl)cc21. The molecule has 0 fully saturated rings. The van der Waals surface area contributed by atoms with Crippen molar-refractivity contribution >= 4 is 28.4 Å². The first-order chi connectivity index (χ1) is 16.8. The molecule has 0 aliphatic rings. The Morgan fingerprint density at radius 2 is 1.77 bits per heavy atom. The van der Waals surface area contributed by atoms with Crippen molar-refractivity contribution < 1.29 is 9.53 Å². The Kier molecular flexibility index (Phi) is 7.07. The van der Waals surface area contributed by atoms with Gasteiger partial charge in [0.25, 0.3) is 5.56 Å². The Bertz CT molecular complexity index is 1490. The van der Waals surface area contributed by atoms with Crippen molar-refractivity contribution in [1.29, 1.82) is 0 Å². The fraction of sp³-hybridized carbons (Fsp3) is 0.222. The van der Waals surface area contributed by atoms with E-state index < -0.39 is 17.3 Å². The first-order valence-corrected chi connectivity index (χ1v) is 11.7. The van der Waals surface area contributed by atoms with Gasteiger partial charge in [-0.25, -0.2) is 9.36 Å². The van der Waals surface area contributed by atoms with Crippen molar-refractivity contribution in [3.8, 4) is 11.4 Å². The number of aromatic nitrogens is 2. The minimum atomic E-state index is -0.868. The van der Waals surface area contributed by atoms with E-state index >= 15 is 0 Å². The van der Waals surface area contributed by atoms with Crippen LogP contribution in [-0.2, 0) is 4.79 Å². The van der Waals surface area contributed by atoms with Gasteiger partial charge in [0.1, 0.15) is 11.8 Å². The fourth-order valence-corrected chi connectivity index (χ4v) is 4.37. The highest BCUT2D eigenvalue weighted by Crippen LogP contribution is 2.23. The summed E-state index contributed by atoms with van der Waals surface area (Å²) in [6.07, 6.45) is 0.325. The second-order valence-electron chi connectivity index (χ2n) is 8.22. The van der Waals surface area contributed by atoms with E-state index in [1.807, 2.05) is 44.2 Å². The molecule has 3 aromatic carbocycles. The summed E-state index contributed by atoms with van der Waals surface area (Å²) in [6.45, 7) is 3.70. The van der Waals surface area contributed by atoms with Crippen LogP contribution in [-0.4, -0.2) is 22.2 Å².